The SMILES string of the molecule is CC(C)(C)CC(N)CC(=O)NCc1ccc(F)cc1. The van der Waals surface area contributed by atoms with Crippen LogP contribution in [0.15, 0.2) is 24.3 Å². The highest BCUT2D eigenvalue weighted by Crippen LogP contribution is 2.20. The van der Waals surface area contributed by atoms with Crippen molar-refractivity contribution in [2.75, 3.05) is 0 Å². The van der Waals surface area contributed by atoms with Crippen LogP contribution in [0.2, 0.25) is 0 Å². The lowest BCUT2D eigenvalue weighted by Gasteiger charge is -2.22. The molecule has 106 valence electrons. The minimum atomic E-state index is -0.276. The third kappa shape index (κ3) is 6.91. The summed E-state index contributed by atoms with van der Waals surface area (Å²) in [4.78, 5) is 11.7. The average molecular weight is 266 g/mol. The summed E-state index contributed by atoms with van der Waals surface area (Å²) < 4.78 is 12.7. The highest BCUT2D eigenvalue weighted by Gasteiger charge is 2.17. The van der Waals surface area contributed by atoms with Gasteiger partial charge in [-0.15, -0.1) is 0 Å². The first-order chi connectivity index (χ1) is 8.76. The number of nitrogens with two attached hydrogens (primary N) is 1. The van der Waals surface area contributed by atoms with Crippen molar-refractivity contribution in [3.05, 3.63) is 35.6 Å². The number of halogens is 1. The van der Waals surface area contributed by atoms with E-state index in [2.05, 4.69) is 26.1 Å². The van der Waals surface area contributed by atoms with Gasteiger partial charge in [0.25, 0.3) is 0 Å². The van der Waals surface area contributed by atoms with Gasteiger partial charge in [0.2, 0.25) is 5.91 Å². The number of rotatable bonds is 5. The van der Waals surface area contributed by atoms with Gasteiger partial charge in [-0.3, -0.25) is 4.79 Å². The van der Waals surface area contributed by atoms with Crippen LogP contribution in [0.5, 0.6) is 0 Å². The van der Waals surface area contributed by atoms with E-state index in [1.807, 2.05) is 0 Å². The van der Waals surface area contributed by atoms with Crippen LogP contribution in [-0.2, 0) is 11.3 Å². The zero-order chi connectivity index (χ0) is 14.5. The van der Waals surface area contributed by atoms with Crippen molar-refractivity contribution in [3.8, 4) is 0 Å². The monoisotopic (exact) mass is 266 g/mol. The van der Waals surface area contributed by atoms with Gasteiger partial charge in [-0.05, 0) is 29.5 Å². The molecule has 0 spiro atoms. The van der Waals surface area contributed by atoms with E-state index in [0.29, 0.717) is 13.0 Å². The average Bonchev–Trinajstić information content (AvgIpc) is 2.25. The molecule has 0 heterocycles. The van der Waals surface area contributed by atoms with Crippen LogP contribution in [0.1, 0.15) is 39.2 Å². The summed E-state index contributed by atoms with van der Waals surface area (Å²) in [5, 5.41) is 2.79. The number of hydrogen-bond acceptors (Lipinski definition) is 2. The van der Waals surface area contributed by atoms with E-state index in [-0.39, 0.29) is 23.2 Å². The molecule has 0 aliphatic heterocycles. The zero-order valence-corrected chi connectivity index (χ0v) is 11.9. The second-order valence-corrected chi connectivity index (χ2v) is 6.13. The standard InChI is InChI=1S/C15H23FN2O/c1-15(2,3)9-13(17)8-14(19)18-10-11-4-6-12(16)7-5-11/h4-7,13H,8-10,17H2,1-3H3,(H,18,19). The predicted molar refractivity (Wildman–Crippen MR) is 74.9 cm³/mol. The minimum Gasteiger partial charge on any atom is -0.352 e. The molecule has 1 unspecified atom stereocenters. The van der Waals surface area contributed by atoms with Gasteiger partial charge >= 0.3 is 0 Å². The number of carbonyl (C=O) groups is 1. The van der Waals surface area contributed by atoms with Crippen LogP contribution in [0.4, 0.5) is 4.39 Å². The normalized spacial score (nSPS) is 13.1. The molecule has 0 fully saturated rings. The maximum atomic E-state index is 12.7. The number of benzene rings is 1. The summed E-state index contributed by atoms with van der Waals surface area (Å²) in [5.41, 5.74) is 6.94. The van der Waals surface area contributed by atoms with E-state index in [0.717, 1.165) is 12.0 Å². The van der Waals surface area contributed by atoms with E-state index in [1.165, 1.54) is 12.1 Å². The van der Waals surface area contributed by atoms with Crippen LogP contribution in [0.3, 0.4) is 0 Å². The van der Waals surface area contributed by atoms with Crippen molar-refractivity contribution in [3.63, 3.8) is 0 Å². The summed E-state index contributed by atoms with van der Waals surface area (Å²) >= 11 is 0. The Balaban J connectivity index is 2.33. The van der Waals surface area contributed by atoms with Gasteiger partial charge in [-0.1, -0.05) is 32.9 Å². The van der Waals surface area contributed by atoms with Gasteiger partial charge in [0.05, 0.1) is 0 Å². The van der Waals surface area contributed by atoms with Gasteiger partial charge < -0.3 is 11.1 Å². The van der Waals surface area contributed by atoms with E-state index >= 15 is 0 Å². The van der Waals surface area contributed by atoms with Crippen LogP contribution in [0, 0.1) is 11.2 Å². The molecule has 1 aromatic rings. The molecule has 1 amide bonds. The Hall–Kier alpha value is -1.42. The van der Waals surface area contributed by atoms with Crippen LogP contribution in [-0.4, -0.2) is 11.9 Å². The fourth-order valence-electron chi connectivity index (χ4n) is 1.97. The fraction of sp³-hybridized carbons (Fsp3) is 0.533. The second kappa shape index (κ2) is 6.66. The molecule has 0 bridgehead atoms. The van der Waals surface area contributed by atoms with E-state index in [1.54, 1.807) is 12.1 Å². The van der Waals surface area contributed by atoms with Crippen LogP contribution in [0.25, 0.3) is 0 Å². The van der Waals surface area contributed by atoms with Crippen molar-refractivity contribution in [2.24, 2.45) is 11.1 Å². The molecule has 1 rings (SSSR count). The summed E-state index contributed by atoms with van der Waals surface area (Å²) in [5.74, 6) is -0.344. The van der Waals surface area contributed by atoms with Crippen molar-refractivity contribution >= 4 is 5.91 Å². The Kier molecular flexibility index (Phi) is 5.48. The van der Waals surface area contributed by atoms with Gasteiger partial charge in [-0.2, -0.15) is 0 Å². The molecule has 0 radical (unpaired) electrons. The molecule has 0 saturated carbocycles. The highest BCUT2D eigenvalue weighted by molar-refractivity contribution is 5.76. The predicted octanol–water partition coefficient (Wildman–Crippen LogP) is 2.60. The Bertz CT molecular complexity index is 409. The third-order valence-corrected chi connectivity index (χ3v) is 2.73. The van der Waals surface area contributed by atoms with E-state index < -0.39 is 0 Å². The fourth-order valence-corrected chi connectivity index (χ4v) is 1.97. The Labute approximate surface area is 114 Å². The number of nitrogens with one attached hydrogen (secondary N) is 1. The van der Waals surface area contributed by atoms with Gasteiger partial charge in [0.15, 0.2) is 0 Å². The highest BCUT2D eigenvalue weighted by atomic mass is 19.1. The maximum absolute atomic E-state index is 12.7. The molecular weight excluding hydrogens is 243 g/mol. The second-order valence-electron chi connectivity index (χ2n) is 6.13. The smallest absolute Gasteiger partial charge is 0.221 e. The first kappa shape index (κ1) is 15.6. The molecule has 0 aliphatic rings. The first-order valence-electron chi connectivity index (χ1n) is 6.53. The summed E-state index contributed by atoms with van der Waals surface area (Å²) in [7, 11) is 0. The lowest BCUT2D eigenvalue weighted by atomic mass is 9.87. The molecule has 4 heteroatoms. The molecule has 0 saturated heterocycles. The zero-order valence-electron chi connectivity index (χ0n) is 11.9. The molecule has 0 aliphatic carbocycles. The largest absolute Gasteiger partial charge is 0.352 e. The van der Waals surface area contributed by atoms with Crippen LogP contribution < -0.4 is 11.1 Å². The van der Waals surface area contributed by atoms with E-state index in [9.17, 15) is 9.18 Å². The Morgan fingerprint density at radius 3 is 2.42 bits per heavy atom. The van der Waals surface area contributed by atoms with Crippen molar-refractivity contribution in [1.29, 1.82) is 0 Å². The summed E-state index contributed by atoms with van der Waals surface area (Å²) in [6, 6.07) is 5.95. The molecule has 1 aromatic carbocycles. The molecule has 0 aromatic heterocycles. The molecule has 3 N–H and O–H groups in total. The van der Waals surface area contributed by atoms with Crippen LogP contribution >= 0.6 is 0 Å². The van der Waals surface area contributed by atoms with Crippen molar-refractivity contribution in [1.82, 2.24) is 5.32 Å². The summed E-state index contributed by atoms with van der Waals surface area (Å²) in [6.45, 7) is 6.71. The maximum Gasteiger partial charge on any atom is 0.221 e. The third-order valence-electron chi connectivity index (χ3n) is 2.73. The number of hydrogen-bond donors (Lipinski definition) is 2. The molecular formula is C15H23FN2O. The molecule has 1 atom stereocenters. The molecule has 3 nitrogen and oxygen atoms in total. The number of carbonyl (C=O) groups excluding carboxylic acids is 1. The Morgan fingerprint density at radius 1 is 1.32 bits per heavy atom. The van der Waals surface area contributed by atoms with Crippen molar-refractivity contribution in [2.45, 2.75) is 46.2 Å². The van der Waals surface area contributed by atoms with E-state index in [4.69, 9.17) is 5.73 Å². The van der Waals surface area contributed by atoms with Crippen molar-refractivity contribution < 1.29 is 9.18 Å². The van der Waals surface area contributed by atoms with Gasteiger partial charge in [0.1, 0.15) is 5.82 Å². The molecule has 19 heavy (non-hydrogen) atoms. The van der Waals surface area contributed by atoms with Gasteiger partial charge in [0, 0.05) is 19.0 Å². The first-order valence-corrected chi connectivity index (χ1v) is 6.53. The lowest BCUT2D eigenvalue weighted by molar-refractivity contribution is -0.121. The summed E-state index contributed by atoms with van der Waals surface area (Å²) in [6.07, 6.45) is 1.12. The lowest BCUT2D eigenvalue weighted by Crippen LogP contribution is -2.33. The van der Waals surface area contributed by atoms with Gasteiger partial charge in [-0.25, -0.2) is 4.39 Å². The Morgan fingerprint density at radius 2 is 1.89 bits per heavy atom. The topological polar surface area (TPSA) is 55.1 Å². The minimum absolute atomic E-state index is 0.0684. The quantitative estimate of drug-likeness (QED) is 0.860. The number of amides is 1.